The fourth-order valence-corrected chi connectivity index (χ4v) is 6.93. The Hall–Kier alpha value is -2.28. The molecule has 5 nitrogen and oxygen atoms in total. The molecule has 0 spiro atoms. The summed E-state index contributed by atoms with van der Waals surface area (Å²) in [7, 11) is 0. The predicted octanol–water partition coefficient (Wildman–Crippen LogP) is 5.80. The summed E-state index contributed by atoms with van der Waals surface area (Å²) in [6.45, 7) is 8.74. The lowest BCUT2D eigenvalue weighted by molar-refractivity contribution is -0.143. The van der Waals surface area contributed by atoms with Gasteiger partial charge in [-0.1, -0.05) is 54.8 Å². The number of hydrogen-bond acceptors (Lipinski definition) is 4. The van der Waals surface area contributed by atoms with Gasteiger partial charge in [0.05, 0.1) is 5.60 Å². The van der Waals surface area contributed by atoms with Gasteiger partial charge >= 0.3 is 5.97 Å². The summed E-state index contributed by atoms with van der Waals surface area (Å²) < 4.78 is 13.3. The largest absolute Gasteiger partial charge is 0.480 e. The Labute approximate surface area is 233 Å². The van der Waals surface area contributed by atoms with Gasteiger partial charge in [-0.3, -0.25) is 9.69 Å². The van der Waals surface area contributed by atoms with Crippen molar-refractivity contribution in [1.82, 2.24) is 9.80 Å². The predicted molar refractivity (Wildman–Crippen MR) is 152 cm³/mol. The van der Waals surface area contributed by atoms with Gasteiger partial charge < -0.3 is 15.1 Å². The van der Waals surface area contributed by atoms with E-state index in [1.165, 1.54) is 36.1 Å². The van der Waals surface area contributed by atoms with Crippen LogP contribution in [0.5, 0.6) is 0 Å². The number of rotatable bonds is 11. The molecule has 39 heavy (non-hydrogen) atoms. The summed E-state index contributed by atoms with van der Waals surface area (Å²) in [6.07, 6.45) is 7.01. The van der Waals surface area contributed by atoms with E-state index in [2.05, 4.69) is 41.0 Å². The van der Waals surface area contributed by atoms with E-state index in [0.29, 0.717) is 30.1 Å². The number of piperidine rings is 1. The number of aryl methyl sites for hydroxylation is 1. The molecule has 0 radical (unpaired) electrons. The smallest absolute Gasteiger partial charge is 0.320 e. The summed E-state index contributed by atoms with van der Waals surface area (Å²) in [4.78, 5) is 17.1. The maximum atomic E-state index is 13.3. The number of carboxylic acids is 1. The van der Waals surface area contributed by atoms with Crippen molar-refractivity contribution in [2.24, 2.45) is 17.8 Å². The zero-order chi connectivity index (χ0) is 27.6. The van der Waals surface area contributed by atoms with Crippen LogP contribution in [0.2, 0.25) is 0 Å². The maximum Gasteiger partial charge on any atom is 0.320 e. The first kappa shape index (κ1) is 28.3. The van der Waals surface area contributed by atoms with Gasteiger partial charge in [0.25, 0.3) is 0 Å². The van der Waals surface area contributed by atoms with Gasteiger partial charge in [0.15, 0.2) is 0 Å². The molecule has 0 amide bonds. The number of benzene rings is 2. The second kappa shape index (κ2) is 12.1. The van der Waals surface area contributed by atoms with Crippen LogP contribution in [0.15, 0.2) is 48.5 Å². The van der Waals surface area contributed by atoms with E-state index >= 15 is 0 Å². The number of likely N-dealkylation sites (tertiary alicyclic amines) is 2. The molecule has 4 atom stereocenters. The first-order chi connectivity index (χ1) is 18.7. The standard InChI is InChI=1S/C33H45FN2O3/c1-23-4-3-5-26(18-23)30-22-36(31(32(37)38)19-25-6-7-25)21-27(30)20-35-16-13-24(14-17-35)12-15-33(2,39)28-8-10-29(34)11-9-28/h3-5,8-11,18,24-25,27,30-31,39H,6-7,12-17,19-22H2,1-2H3,(H,37,38). The van der Waals surface area contributed by atoms with Crippen LogP contribution >= 0.6 is 0 Å². The lowest BCUT2D eigenvalue weighted by Crippen LogP contribution is -2.42. The molecular weight excluding hydrogens is 491 g/mol. The van der Waals surface area contributed by atoms with Crippen LogP contribution < -0.4 is 0 Å². The molecule has 5 rings (SSSR count). The van der Waals surface area contributed by atoms with Crippen LogP contribution in [-0.4, -0.2) is 64.7 Å². The van der Waals surface area contributed by atoms with Gasteiger partial charge in [-0.15, -0.1) is 0 Å². The Bertz CT molecular complexity index is 1110. The van der Waals surface area contributed by atoms with Gasteiger partial charge in [-0.25, -0.2) is 4.39 Å². The number of carbonyl (C=O) groups is 1. The van der Waals surface area contributed by atoms with Crippen LogP contribution in [0.4, 0.5) is 4.39 Å². The molecule has 6 heteroatoms. The van der Waals surface area contributed by atoms with Gasteiger partial charge in [-0.05, 0) is 100 Å². The maximum absolute atomic E-state index is 13.3. The van der Waals surface area contributed by atoms with Crippen molar-refractivity contribution in [2.75, 3.05) is 32.7 Å². The number of aliphatic hydroxyl groups is 1. The van der Waals surface area contributed by atoms with Crippen molar-refractivity contribution in [1.29, 1.82) is 0 Å². The number of hydrogen-bond donors (Lipinski definition) is 2. The number of aliphatic carboxylic acids is 1. The molecule has 2 N–H and O–H groups in total. The lowest BCUT2D eigenvalue weighted by Gasteiger charge is -2.36. The van der Waals surface area contributed by atoms with Crippen LogP contribution in [-0.2, 0) is 10.4 Å². The van der Waals surface area contributed by atoms with Crippen LogP contribution in [0.1, 0.15) is 74.5 Å². The molecule has 2 saturated heterocycles. The van der Waals surface area contributed by atoms with E-state index in [4.69, 9.17) is 0 Å². The van der Waals surface area contributed by atoms with Crippen molar-refractivity contribution in [2.45, 2.75) is 76.4 Å². The molecule has 2 aliphatic heterocycles. The number of carboxylic acid groups (broad SMARTS) is 1. The molecule has 2 aromatic carbocycles. The Kier molecular flexibility index (Phi) is 8.75. The molecule has 3 fully saturated rings. The quantitative estimate of drug-likeness (QED) is 0.380. The Balaban J connectivity index is 1.18. The van der Waals surface area contributed by atoms with Crippen molar-refractivity contribution in [3.05, 3.63) is 71.0 Å². The number of halogens is 1. The molecule has 0 aromatic heterocycles. The molecule has 212 valence electrons. The Morgan fingerprint density at radius 2 is 1.77 bits per heavy atom. The zero-order valence-electron chi connectivity index (χ0n) is 23.6. The highest BCUT2D eigenvalue weighted by Gasteiger charge is 2.42. The average molecular weight is 537 g/mol. The summed E-state index contributed by atoms with van der Waals surface area (Å²) >= 11 is 0. The summed E-state index contributed by atoms with van der Waals surface area (Å²) in [5, 5.41) is 21.0. The van der Waals surface area contributed by atoms with Crippen molar-refractivity contribution in [3.63, 3.8) is 0 Å². The first-order valence-corrected chi connectivity index (χ1v) is 14.9. The summed E-state index contributed by atoms with van der Waals surface area (Å²) in [5.41, 5.74) is 2.43. The van der Waals surface area contributed by atoms with Crippen molar-refractivity contribution < 1.29 is 19.4 Å². The average Bonchev–Trinajstić information content (AvgIpc) is 3.65. The minimum absolute atomic E-state index is 0.279. The van der Waals surface area contributed by atoms with E-state index in [-0.39, 0.29) is 11.9 Å². The topological polar surface area (TPSA) is 64.0 Å². The minimum atomic E-state index is -0.944. The number of nitrogens with zero attached hydrogens (tertiary/aromatic N) is 2. The third-order valence-electron chi connectivity index (χ3n) is 9.62. The van der Waals surface area contributed by atoms with Crippen LogP contribution in [0.25, 0.3) is 0 Å². The fraction of sp³-hybridized carbons (Fsp3) is 0.606. The molecule has 2 heterocycles. The van der Waals surface area contributed by atoms with Gasteiger partial charge in [0.1, 0.15) is 11.9 Å². The fourth-order valence-electron chi connectivity index (χ4n) is 6.93. The monoisotopic (exact) mass is 536 g/mol. The van der Waals surface area contributed by atoms with Crippen LogP contribution in [0, 0.1) is 30.5 Å². The first-order valence-electron chi connectivity index (χ1n) is 14.9. The zero-order valence-corrected chi connectivity index (χ0v) is 23.6. The van der Waals surface area contributed by atoms with Crippen LogP contribution in [0.3, 0.4) is 0 Å². The molecule has 2 aromatic rings. The van der Waals surface area contributed by atoms with E-state index in [9.17, 15) is 19.4 Å². The molecule has 3 aliphatic rings. The van der Waals surface area contributed by atoms with Crippen molar-refractivity contribution in [3.8, 4) is 0 Å². The molecular formula is C33H45FN2O3. The minimum Gasteiger partial charge on any atom is -0.480 e. The highest BCUT2D eigenvalue weighted by atomic mass is 19.1. The third-order valence-corrected chi connectivity index (χ3v) is 9.62. The molecule has 1 aliphatic carbocycles. The Morgan fingerprint density at radius 1 is 1.05 bits per heavy atom. The van der Waals surface area contributed by atoms with E-state index < -0.39 is 11.6 Å². The third kappa shape index (κ3) is 7.27. The highest BCUT2D eigenvalue weighted by molar-refractivity contribution is 5.73. The molecule has 0 bridgehead atoms. The summed E-state index contributed by atoms with van der Waals surface area (Å²) in [5.74, 6) is 1.00. The van der Waals surface area contributed by atoms with Gasteiger partial charge in [-0.2, -0.15) is 0 Å². The molecule has 4 unspecified atom stereocenters. The normalized spacial score (nSPS) is 25.4. The van der Waals surface area contributed by atoms with Crippen molar-refractivity contribution >= 4 is 5.97 Å². The second-order valence-corrected chi connectivity index (χ2v) is 12.8. The van der Waals surface area contributed by atoms with Gasteiger partial charge in [0.2, 0.25) is 0 Å². The van der Waals surface area contributed by atoms with Gasteiger partial charge in [0, 0.05) is 25.6 Å². The SMILES string of the molecule is Cc1cccc(C2CN(C(CC3CC3)C(=O)O)CC2CN2CCC(CCC(C)(O)c3ccc(F)cc3)CC2)c1. The second-order valence-electron chi connectivity index (χ2n) is 12.8. The lowest BCUT2D eigenvalue weighted by atomic mass is 9.83. The highest BCUT2D eigenvalue weighted by Crippen LogP contribution is 2.40. The van der Waals surface area contributed by atoms with E-state index in [0.717, 1.165) is 64.0 Å². The van der Waals surface area contributed by atoms with E-state index in [1.807, 2.05) is 6.92 Å². The Morgan fingerprint density at radius 3 is 2.41 bits per heavy atom. The van der Waals surface area contributed by atoms with E-state index in [1.54, 1.807) is 12.1 Å². The summed E-state index contributed by atoms with van der Waals surface area (Å²) in [6, 6.07) is 14.6. The molecule has 1 saturated carbocycles.